The van der Waals surface area contributed by atoms with E-state index in [9.17, 15) is 33.6 Å². The fourth-order valence-electron chi connectivity index (χ4n) is 8.26. The second kappa shape index (κ2) is 17.4. The third-order valence-corrected chi connectivity index (χ3v) is 10.6. The molecule has 0 amide bonds. The Labute approximate surface area is 327 Å². The number of hydrogen-bond donors (Lipinski definition) is 0. The minimum atomic E-state index is -2.38. The zero-order valence-corrected chi connectivity index (χ0v) is 34.7. The van der Waals surface area contributed by atoms with Crippen LogP contribution in [0.4, 0.5) is 0 Å². The second-order valence-electron chi connectivity index (χ2n) is 16.3. The minimum absolute atomic E-state index is 0.321. The third-order valence-electron chi connectivity index (χ3n) is 10.6. The topological polar surface area (TPSA) is 210 Å². The summed E-state index contributed by atoms with van der Waals surface area (Å²) in [7, 11) is 0. The smallest absolute Gasteiger partial charge is 0.308 e. The molecule has 2 aliphatic carbocycles. The van der Waals surface area contributed by atoms with Crippen LogP contribution in [0.15, 0.2) is 12.2 Å². The highest BCUT2D eigenvalue weighted by Crippen LogP contribution is 2.57. The highest BCUT2D eigenvalue weighted by molar-refractivity contribution is 5.94. The van der Waals surface area contributed by atoms with Crippen LogP contribution in [-0.4, -0.2) is 101 Å². The fraction of sp³-hybridized carbons (Fsp3) is 0.750. The van der Waals surface area contributed by atoms with Crippen molar-refractivity contribution in [3.8, 4) is 0 Å². The number of esters is 7. The van der Waals surface area contributed by atoms with E-state index in [0.29, 0.717) is 6.42 Å². The van der Waals surface area contributed by atoms with Crippen molar-refractivity contribution in [2.75, 3.05) is 0 Å². The first-order valence-corrected chi connectivity index (χ1v) is 19.0. The van der Waals surface area contributed by atoms with E-state index in [1.165, 1.54) is 19.9 Å². The summed E-state index contributed by atoms with van der Waals surface area (Å²) in [5.41, 5.74) is -7.75. The average molecular weight is 795 g/mol. The summed E-state index contributed by atoms with van der Waals surface area (Å²) in [6, 6.07) is 0. The Morgan fingerprint density at radius 2 is 1.34 bits per heavy atom. The molecule has 56 heavy (non-hydrogen) atoms. The number of allylic oxidation sites excluding steroid dienone is 1. The van der Waals surface area contributed by atoms with Crippen LogP contribution in [0.2, 0.25) is 0 Å². The maximum atomic E-state index is 15.2. The molecule has 16 nitrogen and oxygen atoms in total. The molecule has 2 fully saturated rings. The van der Waals surface area contributed by atoms with E-state index >= 15 is 4.79 Å². The van der Waals surface area contributed by atoms with Crippen molar-refractivity contribution >= 4 is 47.6 Å². The zero-order valence-electron chi connectivity index (χ0n) is 34.7. The number of carbonyl (C=O) groups excluding carboxylic acids is 8. The van der Waals surface area contributed by atoms with Gasteiger partial charge in [-0.3, -0.25) is 38.4 Å². The summed E-state index contributed by atoms with van der Waals surface area (Å²) in [5, 5.41) is 0. The number of hydrogen-bond acceptors (Lipinski definition) is 16. The van der Waals surface area contributed by atoms with Gasteiger partial charge in [-0.15, -0.1) is 0 Å². The van der Waals surface area contributed by atoms with Crippen LogP contribution in [0.3, 0.4) is 0 Å². The quantitative estimate of drug-likeness (QED) is 0.173. The zero-order chi connectivity index (χ0) is 42.7. The number of ether oxygens (including phenoxy) is 8. The molecule has 1 saturated carbocycles. The molecular weight excluding hydrogens is 736 g/mol. The third kappa shape index (κ3) is 9.60. The van der Waals surface area contributed by atoms with E-state index in [0.717, 1.165) is 34.6 Å². The molecule has 1 aliphatic heterocycles. The molecule has 0 aromatic heterocycles. The molecule has 3 aliphatic rings. The largest absolute Gasteiger partial charge is 0.458 e. The van der Waals surface area contributed by atoms with E-state index in [4.69, 9.17) is 37.9 Å². The summed E-state index contributed by atoms with van der Waals surface area (Å²) < 4.78 is 49.4. The van der Waals surface area contributed by atoms with Gasteiger partial charge in [0.1, 0.15) is 11.7 Å². The standard InChI is InChI=1S/C40H58O16/c1-14-22(5)54-39-18-16-28(46)52-33(39)29-32(50-24(7)42)38(13,55-26(9)44)19-40(29,56-27(10)45)31(47)21(4)15-17-37(11,12)34(51-25(8)43)30(49-23(6)41)35(39)53-36(48)20(2)3/h15,17,20-22,29-30,32-35H,14,16,18-19H2,1-13H3/b17-15+/t21-,22?,29+,30-,32+,33+,34+,35+,38+,39-,40+/m0/s1. The molecule has 0 spiro atoms. The summed E-state index contributed by atoms with van der Waals surface area (Å²) in [5.74, 6) is -10.4. The Kier molecular flexibility index (Phi) is 14.3. The molecule has 0 aromatic carbocycles. The Morgan fingerprint density at radius 1 is 0.786 bits per heavy atom. The lowest BCUT2D eigenvalue weighted by molar-refractivity contribution is -0.287. The molecule has 314 valence electrons. The van der Waals surface area contributed by atoms with Crippen LogP contribution in [0.5, 0.6) is 0 Å². The Bertz CT molecular complexity index is 1600. The maximum Gasteiger partial charge on any atom is 0.308 e. The van der Waals surface area contributed by atoms with Crippen molar-refractivity contribution in [1.82, 2.24) is 0 Å². The molecule has 0 bridgehead atoms. The number of carbonyl (C=O) groups is 8. The lowest BCUT2D eigenvalue weighted by Gasteiger charge is -2.54. The number of rotatable bonds is 10. The van der Waals surface area contributed by atoms with Crippen molar-refractivity contribution in [3.05, 3.63) is 12.2 Å². The normalized spacial score (nSPS) is 35.1. The van der Waals surface area contributed by atoms with Gasteiger partial charge in [0.05, 0.1) is 17.9 Å². The fourth-order valence-corrected chi connectivity index (χ4v) is 8.26. The van der Waals surface area contributed by atoms with E-state index in [1.807, 2.05) is 0 Å². The maximum absolute atomic E-state index is 15.2. The predicted octanol–water partition coefficient (Wildman–Crippen LogP) is 4.05. The number of Topliss-reactive ketones (excluding diaryl/α,β-unsaturated/α-hetero) is 1. The van der Waals surface area contributed by atoms with Gasteiger partial charge in [0.15, 0.2) is 41.4 Å². The first-order valence-electron chi connectivity index (χ1n) is 19.0. The minimum Gasteiger partial charge on any atom is -0.458 e. The van der Waals surface area contributed by atoms with Gasteiger partial charge in [0.2, 0.25) is 0 Å². The molecule has 3 rings (SSSR count). The van der Waals surface area contributed by atoms with Gasteiger partial charge in [0.25, 0.3) is 0 Å². The van der Waals surface area contributed by atoms with Crippen molar-refractivity contribution in [2.24, 2.45) is 23.2 Å². The van der Waals surface area contributed by atoms with Crippen LogP contribution < -0.4 is 0 Å². The number of fused-ring (bicyclic) bond motifs is 3. The molecule has 0 N–H and O–H groups in total. The highest BCUT2D eigenvalue weighted by atomic mass is 16.7. The lowest BCUT2D eigenvalue weighted by Crippen LogP contribution is -2.72. The molecular formula is C40H58O16. The summed E-state index contributed by atoms with van der Waals surface area (Å²) in [4.78, 5) is 108. The first-order chi connectivity index (χ1) is 25.8. The van der Waals surface area contributed by atoms with Crippen molar-refractivity contribution in [3.63, 3.8) is 0 Å². The summed E-state index contributed by atoms with van der Waals surface area (Å²) >= 11 is 0. The van der Waals surface area contributed by atoms with Gasteiger partial charge in [-0.2, -0.15) is 0 Å². The lowest BCUT2D eigenvalue weighted by atomic mass is 9.66. The molecule has 1 saturated heterocycles. The molecule has 1 heterocycles. The number of ketones is 1. The molecule has 16 heteroatoms. The van der Waals surface area contributed by atoms with Gasteiger partial charge in [-0.25, -0.2) is 0 Å². The summed E-state index contributed by atoms with van der Waals surface area (Å²) in [6.45, 7) is 18.3. The monoisotopic (exact) mass is 794 g/mol. The van der Waals surface area contributed by atoms with E-state index in [1.54, 1.807) is 47.6 Å². The van der Waals surface area contributed by atoms with E-state index in [2.05, 4.69) is 0 Å². The summed E-state index contributed by atoms with van der Waals surface area (Å²) in [6.07, 6.45) is -7.12. The molecule has 0 radical (unpaired) electrons. The Balaban J connectivity index is 2.77. The average Bonchev–Trinajstić information content (AvgIpc) is 3.29. The van der Waals surface area contributed by atoms with Crippen molar-refractivity contribution in [1.29, 1.82) is 0 Å². The predicted molar refractivity (Wildman–Crippen MR) is 194 cm³/mol. The second-order valence-corrected chi connectivity index (χ2v) is 16.3. The Hall–Kier alpha value is -4.34. The van der Waals surface area contributed by atoms with Crippen LogP contribution >= 0.6 is 0 Å². The van der Waals surface area contributed by atoms with Crippen LogP contribution in [0.1, 0.15) is 116 Å². The van der Waals surface area contributed by atoms with Crippen LogP contribution in [-0.2, 0) is 76.3 Å². The van der Waals surface area contributed by atoms with Crippen molar-refractivity contribution in [2.45, 2.75) is 169 Å². The van der Waals surface area contributed by atoms with E-state index < -0.39 is 131 Å². The van der Waals surface area contributed by atoms with Gasteiger partial charge in [-0.1, -0.05) is 53.7 Å². The van der Waals surface area contributed by atoms with Gasteiger partial charge < -0.3 is 37.9 Å². The molecule has 11 atom stereocenters. The Morgan fingerprint density at radius 3 is 1.84 bits per heavy atom. The first kappa shape index (κ1) is 46.0. The van der Waals surface area contributed by atoms with Gasteiger partial charge >= 0.3 is 41.8 Å². The van der Waals surface area contributed by atoms with E-state index in [-0.39, 0.29) is 12.8 Å². The molecule has 0 aromatic rings. The van der Waals surface area contributed by atoms with Crippen molar-refractivity contribution < 1.29 is 76.3 Å². The highest BCUT2D eigenvalue weighted by Gasteiger charge is 2.76. The van der Waals surface area contributed by atoms with Crippen LogP contribution in [0.25, 0.3) is 0 Å². The molecule has 1 unspecified atom stereocenters. The van der Waals surface area contributed by atoms with Crippen LogP contribution in [0, 0.1) is 23.2 Å². The SMILES string of the molecule is CCC(C)O[C@@]12CCC(=O)O[C@@H]1[C@H]1[C@@H](OC(C)=O)[C@](C)(OC(C)=O)C[C@]1(OC(C)=O)C(=O)[C@@H](C)/C=C/C(C)(C)[C@H](OC(C)=O)[C@H](OC(C)=O)[C@H]2OC(=O)C(C)C. The van der Waals surface area contributed by atoms with Gasteiger partial charge in [-0.05, 0) is 26.7 Å². The van der Waals surface area contributed by atoms with Gasteiger partial charge in [0, 0.05) is 58.8 Å².